The lowest BCUT2D eigenvalue weighted by molar-refractivity contribution is -0.119. The van der Waals surface area contributed by atoms with Gasteiger partial charge >= 0.3 is 0 Å². The molecule has 0 bridgehead atoms. The van der Waals surface area contributed by atoms with Crippen LogP contribution in [0, 0.1) is 19.8 Å². The number of hydrogen-bond acceptors (Lipinski definition) is 2. The fourth-order valence-electron chi connectivity index (χ4n) is 2.38. The fourth-order valence-corrected chi connectivity index (χ4v) is 2.38. The topological polar surface area (TPSA) is 79.5 Å². The summed E-state index contributed by atoms with van der Waals surface area (Å²) < 4.78 is 0. The number of nitrogens with two attached hydrogens (primary N) is 1. The normalized spacial score (nSPS) is 12.5. The first-order chi connectivity index (χ1) is 12.4. The molecule has 2 aromatic rings. The quantitative estimate of drug-likeness (QED) is 0.538. The molecule has 0 aromatic heterocycles. The van der Waals surface area contributed by atoms with Crippen LogP contribution in [0.2, 0.25) is 0 Å². The molecule has 0 radical (unpaired) electrons. The maximum Gasteiger partial charge on any atom is 0.227 e. The third-order valence-corrected chi connectivity index (χ3v) is 4.47. The molecule has 2 rings (SSSR count). The van der Waals surface area contributed by atoms with E-state index >= 15 is 0 Å². The summed E-state index contributed by atoms with van der Waals surface area (Å²) in [5.41, 5.74) is 11.1. The van der Waals surface area contributed by atoms with Crippen molar-refractivity contribution in [1.82, 2.24) is 0 Å². The van der Waals surface area contributed by atoms with Crippen molar-refractivity contribution in [3.63, 3.8) is 0 Å². The van der Waals surface area contributed by atoms with Crippen molar-refractivity contribution in [2.75, 3.05) is 10.6 Å². The Morgan fingerprint density at radius 1 is 1.08 bits per heavy atom. The highest BCUT2D eigenvalue weighted by Gasteiger charge is 2.10. The highest BCUT2D eigenvalue weighted by Crippen LogP contribution is 2.15. The highest BCUT2D eigenvalue weighted by atomic mass is 16.1. The largest absolute Gasteiger partial charge is 0.370 e. The van der Waals surface area contributed by atoms with Crippen molar-refractivity contribution < 1.29 is 4.79 Å². The number of amides is 1. The Morgan fingerprint density at radius 3 is 2.50 bits per heavy atom. The lowest BCUT2D eigenvalue weighted by Crippen LogP contribution is -2.22. The van der Waals surface area contributed by atoms with Crippen LogP contribution in [-0.2, 0) is 11.3 Å². The lowest BCUT2D eigenvalue weighted by Gasteiger charge is -2.11. The van der Waals surface area contributed by atoms with E-state index in [2.05, 4.69) is 29.5 Å². The van der Waals surface area contributed by atoms with Crippen LogP contribution in [0.4, 0.5) is 11.4 Å². The van der Waals surface area contributed by atoms with Gasteiger partial charge in [0, 0.05) is 17.3 Å². The first-order valence-corrected chi connectivity index (χ1v) is 8.93. The van der Waals surface area contributed by atoms with Gasteiger partial charge < -0.3 is 16.4 Å². The third kappa shape index (κ3) is 5.62. The van der Waals surface area contributed by atoms with Crippen molar-refractivity contribution in [2.45, 2.75) is 40.7 Å². The zero-order chi connectivity index (χ0) is 19.1. The van der Waals surface area contributed by atoms with Crippen LogP contribution in [-0.4, -0.2) is 11.9 Å². The number of nitrogens with one attached hydrogen (secondary N) is 2. The summed E-state index contributed by atoms with van der Waals surface area (Å²) >= 11 is 0. The summed E-state index contributed by atoms with van der Waals surface area (Å²) in [5.74, 6) is 0.390. The number of aryl methyl sites for hydroxylation is 2. The Morgan fingerprint density at radius 2 is 1.81 bits per heavy atom. The number of benzene rings is 2. The number of aliphatic imine (C=N–C) groups is 1. The molecule has 138 valence electrons. The standard InChI is InChI=1S/C21H28N4O/c1-5-14(2)20(26)24-18-8-6-7-17(12-18)13-23-21(22)25-19-10-9-15(3)16(4)11-19/h6-12,14H,5,13H2,1-4H3,(H,24,26)(H3,22,23,25). The molecule has 4 N–H and O–H groups in total. The maximum atomic E-state index is 12.0. The number of carbonyl (C=O) groups excluding carboxylic acids is 1. The van der Waals surface area contributed by atoms with E-state index in [1.54, 1.807) is 0 Å². The predicted molar refractivity (Wildman–Crippen MR) is 109 cm³/mol. The summed E-state index contributed by atoms with van der Waals surface area (Å²) in [6.07, 6.45) is 0.816. The van der Waals surface area contributed by atoms with E-state index in [4.69, 9.17) is 5.73 Å². The zero-order valence-corrected chi connectivity index (χ0v) is 16.0. The van der Waals surface area contributed by atoms with Crippen LogP contribution >= 0.6 is 0 Å². The summed E-state index contributed by atoms with van der Waals surface area (Å²) in [6.45, 7) is 8.50. The van der Waals surface area contributed by atoms with E-state index in [0.29, 0.717) is 12.5 Å². The monoisotopic (exact) mass is 352 g/mol. The predicted octanol–water partition coefficient (Wildman–Crippen LogP) is 4.21. The van der Waals surface area contributed by atoms with Gasteiger partial charge in [0.25, 0.3) is 0 Å². The molecule has 1 amide bonds. The number of nitrogens with zero attached hydrogens (tertiary/aromatic N) is 1. The Kier molecular flexibility index (Phi) is 6.78. The van der Waals surface area contributed by atoms with Crippen LogP contribution < -0.4 is 16.4 Å². The number of anilines is 2. The third-order valence-electron chi connectivity index (χ3n) is 4.47. The second kappa shape index (κ2) is 9.04. The Labute approximate surface area is 155 Å². The van der Waals surface area contributed by atoms with Crippen LogP contribution in [0.15, 0.2) is 47.5 Å². The van der Waals surface area contributed by atoms with E-state index in [-0.39, 0.29) is 11.8 Å². The minimum atomic E-state index is -0.00510. The first kappa shape index (κ1) is 19.5. The molecule has 0 spiro atoms. The van der Waals surface area contributed by atoms with Gasteiger partial charge in [0.1, 0.15) is 0 Å². The molecule has 0 aliphatic carbocycles. The Hall–Kier alpha value is -2.82. The van der Waals surface area contributed by atoms with Crippen molar-refractivity contribution in [1.29, 1.82) is 0 Å². The van der Waals surface area contributed by atoms with Gasteiger partial charge in [-0.05, 0) is 61.2 Å². The molecule has 0 aliphatic heterocycles. The second-order valence-electron chi connectivity index (χ2n) is 6.62. The molecular weight excluding hydrogens is 324 g/mol. The Balaban J connectivity index is 1.99. The van der Waals surface area contributed by atoms with Crippen LogP contribution in [0.3, 0.4) is 0 Å². The van der Waals surface area contributed by atoms with E-state index in [1.165, 1.54) is 11.1 Å². The average Bonchev–Trinajstić information content (AvgIpc) is 2.62. The van der Waals surface area contributed by atoms with Crippen molar-refractivity contribution >= 4 is 23.2 Å². The minimum absolute atomic E-state index is 0.00510. The Bertz CT molecular complexity index is 798. The molecule has 0 aliphatic rings. The molecule has 0 fully saturated rings. The average molecular weight is 352 g/mol. The smallest absolute Gasteiger partial charge is 0.227 e. The van der Waals surface area contributed by atoms with Gasteiger partial charge in [-0.1, -0.05) is 32.0 Å². The molecule has 1 unspecified atom stereocenters. The molecule has 5 heteroatoms. The van der Waals surface area contributed by atoms with Gasteiger partial charge in [-0.15, -0.1) is 0 Å². The second-order valence-corrected chi connectivity index (χ2v) is 6.62. The molecule has 1 atom stereocenters. The summed E-state index contributed by atoms with van der Waals surface area (Å²) in [7, 11) is 0. The van der Waals surface area contributed by atoms with Gasteiger partial charge in [-0.25, -0.2) is 4.99 Å². The molecule has 0 heterocycles. The molecule has 26 heavy (non-hydrogen) atoms. The summed E-state index contributed by atoms with van der Waals surface area (Å²) in [4.78, 5) is 16.4. The molecular formula is C21H28N4O. The molecule has 2 aromatic carbocycles. The van der Waals surface area contributed by atoms with Crippen molar-refractivity contribution in [2.24, 2.45) is 16.6 Å². The molecule has 0 saturated carbocycles. The van der Waals surface area contributed by atoms with Gasteiger partial charge in [0.2, 0.25) is 5.91 Å². The fraction of sp³-hybridized carbons (Fsp3) is 0.333. The SMILES string of the molecule is CCC(C)C(=O)Nc1cccc(CN=C(N)Nc2ccc(C)c(C)c2)c1. The molecule has 5 nitrogen and oxygen atoms in total. The van der Waals surface area contributed by atoms with Crippen LogP contribution in [0.5, 0.6) is 0 Å². The van der Waals surface area contributed by atoms with Gasteiger partial charge in [0.05, 0.1) is 6.54 Å². The first-order valence-electron chi connectivity index (χ1n) is 8.93. The van der Waals surface area contributed by atoms with Gasteiger partial charge in [-0.3, -0.25) is 4.79 Å². The summed E-state index contributed by atoms with van der Waals surface area (Å²) in [6, 6.07) is 13.7. The molecule has 0 saturated heterocycles. The van der Waals surface area contributed by atoms with Crippen molar-refractivity contribution in [3.8, 4) is 0 Å². The van der Waals surface area contributed by atoms with E-state index in [0.717, 1.165) is 23.4 Å². The van der Waals surface area contributed by atoms with E-state index < -0.39 is 0 Å². The van der Waals surface area contributed by atoms with Crippen LogP contribution in [0.1, 0.15) is 37.0 Å². The number of guanidine groups is 1. The van der Waals surface area contributed by atoms with Gasteiger partial charge in [-0.2, -0.15) is 0 Å². The number of rotatable bonds is 6. The van der Waals surface area contributed by atoms with E-state index in [9.17, 15) is 4.79 Å². The van der Waals surface area contributed by atoms with Crippen molar-refractivity contribution in [3.05, 3.63) is 59.2 Å². The van der Waals surface area contributed by atoms with Gasteiger partial charge in [0.15, 0.2) is 5.96 Å². The minimum Gasteiger partial charge on any atom is -0.370 e. The zero-order valence-electron chi connectivity index (χ0n) is 16.0. The maximum absolute atomic E-state index is 12.0. The lowest BCUT2D eigenvalue weighted by atomic mass is 10.1. The number of hydrogen-bond donors (Lipinski definition) is 3. The van der Waals surface area contributed by atoms with Crippen LogP contribution in [0.25, 0.3) is 0 Å². The summed E-state index contributed by atoms with van der Waals surface area (Å²) in [5, 5.41) is 6.05. The highest BCUT2D eigenvalue weighted by molar-refractivity contribution is 5.93. The van der Waals surface area contributed by atoms with E-state index in [1.807, 2.05) is 56.3 Å². The number of carbonyl (C=O) groups is 1.